The molecule has 0 saturated carbocycles. The lowest BCUT2D eigenvalue weighted by atomic mass is 10.1. The Morgan fingerprint density at radius 3 is 2.31 bits per heavy atom. The SMILES string of the molecule is CC[C@@H](C)NC(=O)[C@@H](CC)N(Cc1ccccc1Cl)C(=O)COc1ccccc1. The molecule has 2 amide bonds. The fourth-order valence-electron chi connectivity index (χ4n) is 2.92. The topological polar surface area (TPSA) is 58.6 Å². The number of hydrogen-bond donors (Lipinski definition) is 1. The third-order valence-corrected chi connectivity index (χ3v) is 5.16. The van der Waals surface area contributed by atoms with Crippen molar-refractivity contribution in [3.05, 3.63) is 65.2 Å². The zero-order valence-corrected chi connectivity index (χ0v) is 18.0. The van der Waals surface area contributed by atoms with Crippen LogP contribution in [0.4, 0.5) is 0 Å². The van der Waals surface area contributed by atoms with Gasteiger partial charge in [-0.1, -0.05) is 61.8 Å². The lowest BCUT2D eigenvalue weighted by molar-refractivity contribution is -0.143. The van der Waals surface area contributed by atoms with Gasteiger partial charge in [-0.3, -0.25) is 9.59 Å². The number of para-hydroxylation sites is 1. The summed E-state index contributed by atoms with van der Waals surface area (Å²) in [6, 6.07) is 15.9. The van der Waals surface area contributed by atoms with Gasteiger partial charge in [0.2, 0.25) is 5.91 Å². The molecule has 0 aromatic heterocycles. The predicted octanol–water partition coefficient (Wildman–Crippen LogP) is 4.44. The highest BCUT2D eigenvalue weighted by atomic mass is 35.5. The van der Waals surface area contributed by atoms with Crippen molar-refractivity contribution in [2.75, 3.05) is 6.61 Å². The van der Waals surface area contributed by atoms with Crippen molar-refractivity contribution in [3.63, 3.8) is 0 Å². The van der Waals surface area contributed by atoms with Crippen molar-refractivity contribution in [1.29, 1.82) is 0 Å². The minimum atomic E-state index is -0.604. The van der Waals surface area contributed by atoms with Gasteiger partial charge < -0.3 is 15.0 Å². The molecule has 2 rings (SSSR count). The van der Waals surface area contributed by atoms with Gasteiger partial charge in [-0.25, -0.2) is 0 Å². The second kappa shape index (κ2) is 11.5. The highest BCUT2D eigenvalue weighted by Gasteiger charge is 2.29. The van der Waals surface area contributed by atoms with E-state index < -0.39 is 6.04 Å². The van der Waals surface area contributed by atoms with Crippen LogP contribution in [0.25, 0.3) is 0 Å². The molecule has 0 radical (unpaired) electrons. The molecule has 0 bridgehead atoms. The fraction of sp³-hybridized carbons (Fsp3) is 0.391. The molecule has 0 aliphatic rings. The number of carbonyl (C=O) groups is 2. The first-order valence-corrected chi connectivity index (χ1v) is 10.3. The zero-order valence-electron chi connectivity index (χ0n) is 17.2. The van der Waals surface area contributed by atoms with Crippen molar-refractivity contribution in [2.24, 2.45) is 0 Å². The highest BCUT2D eigenvalue weighted by Crippen LogP contribution is 2.20. The van der Waals surface area contributed by atoms with Gasteiger partial charge in [0.25, 0.3) is 5.91 Å². The number of benzene rings is 2. The van der Waals surface area contributed by atoms with Crippen molar-refractivity contribution >= 4 is 23.4 Å². The van der Waals surface area contributed by atoms with Crippen molar-refractivity contribution < 1.29 is 14.3 Å². The molecule has 2 aromatic rings. The minimum absolute atomic E-state index is 0.0365. The van der Waals surface area contributed by atoms with E-state index in [0.717, 1.165) is 12.0 Å². The van der Waals surface area contributed by atoms with Crippen LogP contribution in [0.3, 0.4) is 0 Å². The number of amides is 2. The van der Waals surface area contributed by atoms with E-state index in [2.05, 4.69) is 5.32 Å². The van der Waals surface area contributed by atoms with Crippen LogP contribution in [0.5, 0.6) is 5.75 Å². The monoisotopic (exact) mass is 416 g/mol. The first-order valence-electron chi connectivity index (χ1n) is 9.97. The van der Waals surface area contributed by atoms with Crippen LogP contribution in [0.1, 0.15) is 39.2 Å². The van der Waals surface area contributed by atoms with E-state index in [-0.39, 0.29) is 31.0 Å². The average molecular weight is 417 g/mol. The van der Waals surface area contributed by atoms with Crippen LogP contribution < -0.4 is 10.1 Å². The van der Waals surface area contributed by atoms with E-state index in [1.54, 1.807) is 23.1 Å². The van der Waals surface area contributed by atoms with E-state index in [0.29, 0.717) is 17.2 Å². The van der Waals surface area contributed by atoms with Gasteiger partial charge in [-0.15, -0.1) is 0 Å². The number of rotatable bonds is 10. The Hall–Kier alpha value is -2.53. The van der Waals surface area contributed by atoms with Crippen molar-refractivity contribution in [2.45, 2.75) is 52.2 Å². The molecule has 2 aromatic carbocycles. The summed E-state index contributed by atoms with van der Waals surface area (Å²) < 4.78 is 5.64. The molecule has 0 unspecified atom stereocenters. The quantitative estimate of drug-likeness (QED) is 0.622. The average Bonchev–Trinajstić information content (AvgIpc) is 2.73. The Balaban J connectivity index is 2.22. The number of hydrogen-bond acceptors (Lipinski definition) is 3. The Kier molecular flexibility index (Phi) is 9.00. The number of nitrogens with one attached hydrogen (secondary N) is 1. The van der Waals surface area contributed by atoms with Crippen LogP contribution in [0, 0.1) is 0 Å². The molecule has 156 valence electrons. The van der Waals surface area contributed by atoms with Crippen LogP contribution in [0.15, 0.2) is 54.6 Å². The number of halogens is 1. The maximum Gasteiger partial charge on any atom is 0.261 e. The molecule has 1 N–H and O–H groups in total. The van der Waals surface area contributed by atoms with Crippen molar-refractivity contribution in [1.82, 2.24) is 10.2 Å². The Bertz CT molecular complexity index is 798. The van der Waals surface area contributed by atoms with E-state index in [1.165, 1.54) is 0 Å². The summed E-state index contributed by atoms with van der Waals surface area (Å²) in [5.74, 6) is 0.178. The summed E-state index contributed by atoms with van der Waals surface area (Å²) >= 11 is 6.31. The number of carbonyl (C=O) groups excluding carboxylic acids is 2. The van der Waals surface area contributed by atoms with Crippen molar-refractivity contribution in [3.8, 4) is 5.75 Å². The normalized spacial score (nSPS) is 12.7. The molecule has 5 nitrogen and oxygen atoms in total. The summed E-state index contributed by atoms with van der Waals surface area (Å²) in [5, 5.41) is 3.55. The van der Waals surface area contributed by atoms with E-state index in [4.69, 9.17) is 16.3 Å². The lowest BCUT2D eigenvalue weighted by Gasteiger charge is -2.31. The summed E-state index contributed by atoms with van der Waals surface area (Å²) in [4.78, 5) is 27.5. The van der Waals surface area contributed by atoms with Crippen LogP contribution in [-0.4, -0.2) is 35.4 Å². The Morgan fingerprint density at radius 1 is 1.03 bits per heavy atom. The smallest absolute Gasteiger partial charge is 0.261 e. The third kappa shape index (κ3) is 6.79. The van der Waals surface area contributed by atoms with Gasteiger partial charge in [-0.05, 0) is 43.5 Å². The van der Waals surface area contributed by atoms with Gasteiger partial charge >= 0.3 is 0 Å². The molecular formula is C23H29ClN2O3. The molecule has 0 aliphatic heterocycles. The molecule has 0 aliphatic carbocycles. The second-order valence-corrected chi connectivity index (χ2v) is 7.36. The summed E-state index contributed by atoms with van der Waals surface area (Å²) in [7, 11) is 0. The van der Waals surface area contributed by atoms with E-state index in [9.17, 15) is 9.59 Å². The maximum absolute atomic E-state index is 13.1. The van der Waals surface area contributed by atoms with Gasteiger partial charge in [0.15, 0.2) is 6.61 Å². The first kappa shape index (κ1) is 22.8. The molecule has 0 heterocycles. The van der Waals surface area contributed by atoms with E-state index in [1.807, 2.05) is 57.2 Å². The number of nitrogens with zero attached hydrogens (tertiary/aromatic N) is 1. The van der Waals surface area contributed by atoms with Crippen LogP contribution in [0.2, 0.25) is 5.02 Å². The molecule has 6 heteroatoms. The third-order valence-electron chi connectivity index (χ3n) is 4.79. The van der Waals surface area contributed by atoms with Gasteiger partial charge in [0.1, 0.15) is 11.8 Å². The molecule has 0 spiro atoms. The zero-order chi connectivity index (χ0) is 21.2. The Labute approximate surface area is 178 Å². The van der Waals surface area contributed by atoms with Gasteiger partial charge in [0.05, 0.1) is 0 Å². The number of ether oxygens (including phenoxy) is 1. The summed E-state index contributed by atoms with van der Waals surface area (Å²) in [5.41, 5.74) is 0.789. The highest BCUT2D eigenvalue weighted by molar-refractivity contribution is 6.31. The van der Waals surface area contributed by atoms with Crippen LogP contribution >= 0.6 is 11.6 Å². The molecule has 2 atom stereocenters. The fourth-order valence-corrected chi connectivity index (χ4v) is 3.11. The first-order chi connectivity index (χ1) is 14.0. The molecule has 0 saturated heterocycles. The molecular weight excluding hydrogens is 388 g/mol. The van der Waals surface area contributed by atoms with E-state index >= 15 is 0 Å². The summed E-state index contributed by atoms with van der Waals surface area (Å²) in [6.07, 6.45) is 1.31. The van der Waals surface area contributed by atoms with Gasteiger partial charge in [0, 0.05) is 17.6 Å². The molecule has 0 fully saturated rings. The lowest BCUT2D eigenvalue weighted by Crippen LogP contribution is -2.51. The Morgan fingerprint density at radius 2 is 1.69 bits per heavy atom. The minimum Gasteiger partial charge on any atom is -0.484 e. The summed E-state index contributed by atoms with van der Waals surface area (Å²) in [6.45, 7) is 5.94. The standard InChI is InChI=1S/C23H29ClN2O3/c1-4-17(3)25-23(28)21(5-2)26(15-18-11-9-10-14-20(18)24)22(27)16-29-19-12-7-6-8-13-19/h6-14,17,21H,4-5,15-16H2,1-3H3,(H,25,28)/t17-,21-/m1/s1. The van der Waals surface area contributed by atoms with Crippen LogP contribution in [-0.2, 0) is 16.1 Å². The van der Waals surface area contributed by atoms with Gasteiger partial charge in [-0.2, -0.15) is 0 Å². The predicted molar refractivity (Wildman–Crippen MR) is 116 cm³/mol. The maximum atomic E-state index is 13.1. The molecule has 29 heavy (non-hydrogen) atoms. The largest absolute Gasteiger partial charge is 0.484 e. The second-order valence-electron chi connectivity index (χ2n) is 6.96.